The maximum absolute atomic E-state index is 13.4. The molecular formula is C24H22FN3O5. The van der Waals surface area contributed by atoms with Gasteiger partial charge >= 0.3 is 0 Å². The van der Waals surface area contributed by atoms with Crippen molar-refractivity contribution < 1.29 is 28.3 Å². The summed E-state index contributed by atoms with van der Waals surface area (Å²) in [5, 5.41) is 5.29. The Labute approximate surface area is 189 Å². The number of fused-ring (bicyclic) bond motifs is 1. The highest BCUT2D eigenvalue weighted by molar-refractivity contribution is 6.06. The third kappa shape index (κ3) is 4.00. The Hall–Kier alpha value is -3.59. The predicted octanol–water partition coefficient (Wildman–Crippen LogP) is 1.70. The third-order valence-electron chi connectivity index (χ3n) is 6.44. The number of amides is 4. The van der Waals surface area contributed by atoms with Crippen LogP contribution in [0.5, 0.6) is 0 Å². The summed E-state index contributed by atoms with van der Waals surface area (Å²) in [6, 6.07) is 9.82. The zero-order chi connectivity index (χ0) is 23.1. The first-order valence-corrected chi connectivity index (χ1v) is 10.8. The Morgan fingerprint density at radius 3 is 2.55 bits per heavy atom. The summed E-state index contributed by atoms with van der Waals surface area (Å²) in [5.74, 6) is -1.69. The van der Waals surface area contributed by atoms with Crippen molar-refractivity contribution in [2.24, 2.45) is 5.92 Å². The molecule has 0 bridgehead atoms. The number of piperidine rings is 1. The van der Waals surface area contributed by atoms with Gasteiger partial charge in [-0.2, -0.15) is 0 Å². The lowest BCUT2D eigenvalue weighted by molar-refractivity contribution is -0.136. The normalized spacial score (nSPS) is 21.3. The maximum atomic E-state index is 13.4. The van der Waals surface area contributed by atoms with Crippen LogP contribution in [-0.2, 0) is 20.9 Å². The molecule has 3 aliphatic rings. The number of nitrogens with one attached hydrogen (secondary N) is 2. The number of hydrogen-bond acceptors (Lipinski definition) is 5. The minimum absolute atomic E-state index is 0.0819. The molecule has 0 saturated carbocycles. The number of halogens is 1. The first-order valence-electron chi connectivity index (χ1n) is 10.8. The SMILES string of the molecule is O=C1CCC(N2Cc3cc(C(=O)N[C@H](c4ccc(F)cc4)C4COC4)ccc3C2=O)C(=O)N1. The molecule has 3 heterocycles. The molecule has 0 aromatic heterocycles. The predicted molar refractivity (Wildman–Crippen MR) is 113 cm³/mol. The molecule has 8 nitrogen and oxygen atoms in total. The lowest BCUT2D eigenvalue weighted by Gasteiger charge is -2.34. The van der Waals surface area contributed by atoms with Gasteiger partial charge in [0.05, 0.1) is 19.3 Å². The second kappa shape index (κ2) is 8.40. The average Bonchev–Trinajstić information content (AvgIpc) is 3.08. The Bertz CT molecular complexity index is 1150. The molecule has 4 amide bonds. The van der Waals surface area contributed by atoms with Gasteiger partial charge in [-0.15, -0.1) is 0 Å². The van der Waals surface area contributed by atoms with E-state index in [0.717, 1.165) is 5.56 Å². The molecule has 1 unspecified atom stereocenters. The summed E-state index contributed by atoms with van der Waals surface area (Å²) < 4.78 is 18.6. The fraction of sp³-hybridized carbons (Fsp3) is 0.333. The van der Waals surface area contributed by atoms with Crippen LogP contribution >= 0.6 is 0 Å². The molecule has 33 heavy (non-hydrogen) atoms. The Balaban J connectivity index is 1.34. The number of imide groups is 1. The molecule has 2 saturated heterocycles. The highest BCUT2D eigenvalue weighted by Crippen LogP contribution is 2.30. The third-order valence-corrected chi connectivity index (χ3v) is 6.44. The van der Waals surface area contributed by atoms with Crippen LogP contribution < -0.4 is 10.6 Å². The summed E-state index contributed by atoms with van der Waals surface area (Å²) in [4.78, 5) is 51.0. The first kappa shape index (κ1) is 21.3. The van der Waals surface area contributed by atoms with E-state index in [1.807, 2.05) is 0 Å². The van der Waals surface area contributed by atoms with E-state index in [1.165, 1.54) is 17.0 Å². The van der Waals surface area contributed by atoms with Crippen molar-refractivity contribution in [3.05, 3.63) is 70.5 Å². The van der Waals surface area contributed by atoms with Gasteiger partial charge in [0.25, 0.3) is 11.8 Å². The minimum atomic E-state index is -0.707. The van der Waals surface area contributed by atoms with Crippen LogP contribution in [0.2, 0.25) is 0 Å². The fourth-order valence-electron chi connectivity index (χ4n) is 4.53. The molecule has 2 aromatic carbocycles. The van der Waals surface area contributed by atoms with Gasteiger partial charge in [0.15, 0.2) is 0 Å². The molecule has 3 aliphatic heterocycles. The van der Waals surface area contributed by atoms with E-state index >= 15 is 0 Å². The number of carbonyl (C=O) groups excluding carboxylic acids is 4. The average molecular weight is 451 g/mol. The zero-order valence-electron chi connectivity index (χ0n) is 17.7. The topological polar surface area (TPSA) is 105 Å². The van der Waals surface area contributed by atoms with Crippen molar-refractivity contribution in [3.8, 4) is 0 Å². The zero-order valence-corrected chi connectivity index (χ0v) is 17.7. The number of nitrogens with zero attached hydrogens (tertiary/aromatic N) is 1. The van der Waals surface area contributed by atoms with E-state index in [9.17, 15) is 23.6 Å². The summed E-state index contributed by atoms with van der Waals surface area (Å²) in [6.07, 6.45) is 0.459. The van der Waals surface area contributed by atoms with Crippen molar-refractivity contribution in [1.82, 2.24) is 15.5 Å². The molecule has 2 fully saturated rings. The smallest absolute Gasteiger partial charge is 0.255 e. The summed E-state index contributed by atoms with van der Waals surface area (Å²) in [6.45, 7) is 1.20. The van der Waals surface area contributed by atoms with E-state index < -0.39 is 11.9 Å². The number of ether oxygens (including phenoxy) is 1. The van der Waals surface area contributed by atoms with E-state index in [4.69, 9.17) is 4.74 Å². The molecule has 0 aliphatic carbocycles. The van der Waals surface area contributed by atoms with E-state index in [-0.39, 0.29) is 54.9 Å². The van der Waals surface area contributed by atoms with Crippen LogP contribution in [0.3, 0.4) is 0 Å². The molecule has 170 valence electrons. The highest BCUT2D eigenvalue weighted by atomic mass is 19.1. The van der Waals surface area contributed by atoms with Crippen LogP contribution in [-0.4, -0.2) is 47.8 Å². The van der Waals surface area contributed by atoms with Crippen LogP contribution in [0.4, 0.5) is 4.39 Å². The monoisotopic (exact) mass is 451 g/mol. The number of benzene rings is 2. The molecule has 5 rings (SSSR count). The van der Waals surface area contributed by atoms with Gasteiger partial charge in [-0.25, -0.2) is 4.39 Å². The van der Waals surface area contributed by atoms with Gasteiger partial charge in [-0.3, -0.25) is 24.5 Å². The van der Waals surface area contributed by atoms with Gasteiger partial charge in [0.2, 0.25) is 11.8 Å². The molecule has 2 atom stereocenters. The molecular weight excluding hydrogens is 429 g/mol. The summed E-state index contributed by atoms with van der Waals surface area (Å²) in [7, 11) is 0. The van der Waals surface area contributed by atoms with Crippen LogP contribution in [0.25, 0.3) is 0 Å². The van der Waals surface area contributed by atoms with Crippen molar-refractivity contribution in [1.29, 1.82) is 0 Å². The van der Waals surface area contributed by atoms with Crippen molar-refractivity contribution in [2.75, 3.05) is 13.2 Å². The van der Waals surface area contributed by atoms with Crippen molar-refractivity contribution >= 4 is 23.6 Å². The van der Waals surface area contributed by atoms with Gasteiger partial charge in [0, 0.05) is 30.0 Å². The second-order valence-corrected chi connectivity index (χ2v) is 8.57. The van der Waals surface area contributed by atoms with E-state index in [2.05, 4.69) is 10.6 Å². The maximum Gasteiger partial charge on any atom is 0.255 e. The molecule has 0 spiro atoms. The molecule has 2 N–H and O–H groups in total. The van der Waals surface area contributed by atoms with Gasteiger partial charge in [0.1, 0.15) is 11.9 Å². The quantitative estimate of drug-likeness (QED) is 0.674. The first-order chi connectivity index (χ1) is 15.9. The minimum Gasteiger partial charge on any atom is -0.381 e. The Morgan fingerprint density at radius 2 is 1.88 bits per heavy atom. The lowest BCUT2D eigenvalue weighted by atomic mass is 9.91. The van der Waals surface area contributed by atoms with Crippen LogP contribution in [0.15, 0.2) is 42.5 Å². The van der Waals surface area contributed by atoms with Gasteiger partial charge in [-0.1, -0.05) is 12.1 Å². The lowest BCUT2D eigenvalue weighted by Crippen LogP contribution is -2.52. The molecule has 2 aromatic rings. The Kier molecular flexibility index (Phi) is 5.41. The fourth-order valence-corrected chi connectivity index (χ4v) is 4.53. The van der Waals surface area contributed by atoms with Crippen molar-refractivity contribution in [3.63, 3.8) is 0 Å². The van der Waals surface area contributed by atoms with Crippen molar-refractivity contribution in [2.45, 2.75) is 31.5 Å². The van der Waals surface area contributed by atoms with E-state index in [1.54, 1.807) is 30.3 Å². The summed E-state index contributed by atoms with van der Waals surface area (Å²) in [5.41, 5.74) is 2.28. The Morgan fingerprint density at radius 1 is 1.12 bits per heavy atom. The van der Waals surface area contributed by atoms with Crippen LogP contribution in [0, 0.1) is 11.7 Å². The van der Waals surface area contributed by atoms with Gasteiger partial charge in [-0.05, 0) is 47.9 Å². The largest absolute Gasteiger partial charge is 0.381 e. The summed E-state index contributed by atoms with van der Waals surface area (Å²) >= 11 is 0. The standard InChI is InChI=1S/C24H22FN3O5/c25-17-4-1-13(2-5-17)21(16-11-33-12-16)27-22(30)14-3-6-18-15(9-14)10-28(24(18)32)19-7-8-20(29)26-23(19)31/h1-6,9,16,19,21H,7-8,10-12H2,(H,27,30)(H,26,29,31)/t19?,21-/m1/s1. The molecule has 0 radical (unpaired) electrons. The number of carbonyl (C=O) groups is 4. The second-order valence-electron chi connectivity index (χ2n) is 8.57. The van der Waals surface area contributed by atoms with Gasteiger partial charge < -0.3 is 15.0 Å². The van der Waals surface area contributed by atoms with Crippen LogP contribution in [0.1, 0.15) is 50.7 Å². The van der Waals surface area contributed by atoms with E-state index in [0.29, 0.717) is 29.9 Å². The number of hydrogen-bond donors (Lipinski definition) is 2. The highest BCUT2D eigenvalue weighted by Gasteiger charge is 2.39. The number of rotatable bonds is 5. The molecule has 9 heteroatoms.